The smallest absolute Gasteiger partial charge is 0.337 e. The molecule has 2 N–H and O–H groups in total. The topological polar surface area (TPSA) is 58.6 Å². The van der Waals surface area contributed by atoms with Gasteiger partial charge in [-0.3, -0.25) is 0 Å². The molecule has 0 aromatic heterocycles. The molecule has 0 unspecified atom stereocenters. The Hall–Kier alpha value is -1.55. The molecule has 0 aliphatic carbocycles. The number of esters is 1. The first-order valence-corrected chi connectivity index (χ1v) is 5.93. The highest BCUT2D eigenvalue weighted by atomic mass is 16.5. The lowest BCUT2D eigenvalue weighted by Gasteiger charge is -2.23. The van der Waals surface area contributed by atoms with Gasteiger partial charge in [-0.2, -0.15) is 0 Å². The Kier molecular flexibility index (Phi) is 4.73. The van der Waals surface area contributed by atoms with Crippen molar-refractivity contribution in [2.45, 2.75) is 20.8 Å². The molecule has 1 aromatic rings. The van der Waals surface area contributed by atoms with Crippen molar-refractivity contribution in [1.29, 1.82) is 0 Å². The van der Waals surface area contributed by atoms with Crippen LogP contribution in [-0.4, -0.2) is 31.3 Å². The molecule has 0 spiro atoms. The summed E-state index contributed by atoms with van der Waals surface area (Å²) in [4.78, 5) is 11.4. The fraction of sp³-hybridized carbons (Fsp3) is 0.500. The molecular weight excluding hydrogens is 230 g/mol. The van der Waals surface area contributed by atoms with Gasteiger partial charge in [-0.25, -0.2) is 4.79 Å². The number of methoxy groups -OCH3 is 1. The van der Waals surface area contributed by atoms with E-state index in [4.69, 9.17) is 0 Å². The Morgan fingerprint density at radius 3 is 2.61 bits per heavy atom. The minimum atomic E-state index is -0.333. The van der Waals surface area contributed by atoms with Gasteiger partial charge in [0.25, 0.3) is 0 Å². The van der Waals surface area contributed by atoms with Crippen LogP contribution in [0.15, 0.2) is 18.2 Å². The van der Waals surface area contributed by atoms with E-state index >= 15 is 0 Å². The average molecular weight is 251 g/mol. The molecule has 1 rings (SSSR count). The lowest BCUT2D eigenvalue weighted by atomic mass is 9.94. The van der Waals surface area contributed by atoms with Gasteiger partial charge in [-0.1, -0.05) is 13.8 Å². The summed E-state index contributed by atoms with van der Waals surface area (Å²) in [6.07, 6.45) is 0. The van der Waals surface area contributed by atoms with E-state index < -0.39 is 0 Å². The molecule has 1 aromatic carbocycles. The second-order valence-electron chi connectivity index (χ2n) is 5.20. The van der Waals surface area contributed by atoms with Crippen LogP contribution in [0.1, 0.15) is 29.8 Å². The molecule has 0 aliphatic heterocycles. The maximum Gasteiger partial charge on any atom is 0.337 e. The third-order valence-corrected chi connectivity index (χ3v) is 2.83. The molecule has 0 saturated carbocycles. The van der Waals surface area contributed by atoms with E-state index in [0.717, 1.165) is 11.3 Å². The molecular formula is C14H21NO3. The second-order valence-corrected chi connectivity index (χ2v) is 5.20. The Labute approximate surface area is 108 Å². The summed E-state index contributed by atoms with van der Waals surface area (Å²) >= 11 is 0. The molecule has 4 nitrogen and oxygen atoms in total. The number of rotatable bonds is 5. The Bertz CT molecular complexity index is 427. The minimum absolute atomic E-state index is 0.124. The lowest BCUT2D eigenvalue weighted by molar-refractivity contribution is 0.0600. The van der Waals surface area contributed by atoms with Crippen LogP contribution in [0.5, 0.6) is 0 Å². The molecule has 0 amide bonds. The van der Waals surface area contributed by atoms with Crippen LogP contribution in [0.25, 0.3) is 0 Å². The van der Waals surface area contributed by atoms with Crippen LogP contribution in [0.4, 0.5) is 5.69 Å². The Morgan fingerprint density at radius 2 is 2.11 bits per heavy atom. The van der Waals surface area contributed by atoms with Gasteiger partial charge in [0, 0.05) is 24.3 Å². The van der Waals surface area contributed by atoms with Crippen molar-refractivity contribution in [2.75, 3.05) is 25.6 Å². The zero-order chi connectivity index (χ0) is 13.8. The summed E-state index contributed by atoms with van der Waals surface area (Å²) in [6, 6.07) is 5.38. The summed E-state index contributed by atoms with van der Waals surface area (Å²) in [7, 11) is 1.37. The van der Waals surface area contributed by atoms with Crippen LogP contribution in [0.2, 0.25) is 0 Å². The number of carbonyl (C=O) groups is 1. The van der Waals surface area contributed by atoms with Crippen LogP contribution >= 0.6 is 0 Å². The number of aliphatic hydroxyl groups excluding tert-OH is 1. The molecule has 0 atom stereocenters. The molecule has 4 heteroatoms. The normalized spacial score (nSPS) is 11.2. The van der Waals surface area contributed by atoms with Crippen molar-refractivity contribution < 1.29 is 14.6 Å². The molecule has 0 radical (unpaired) electrons. The van der Waals surface area contributed by atoms with Crippen molar-refractivity contribution in [2.24, 2.45) is 5.41 Å². The fourth-order valence-corrected chi connectivity index (χ4v) is 1.50. The van der Waals surface area contributed by atoms with Gasteiger partial charge < -0.3 is 15.2 Å². The van der Waals surface area contributed by atoms with Crippen LogP contribution < -0.4 is 5.32 Å². The zero-order valence-electron chi connectivity index (χ0n) is 11.4. The van der Waals surface area contributed by atoms with Gasteiger partial charge in [0.1, 0.15) is 0 Å². The van der Waals surface area contributed by atoms with E-state index in [1.807, 2.05) is 26.8 Å². The van der Waals surface area contributed by atoms with Crippen molar-refractivity contribution in [1.82, 2.24) is 0 Å². The highest BCUT2D eigenvalue weighted by Gasteiger charge is 2.16. The Balaban J connectivity index is 2.77. The summed E-state index contributed by atoms with van der Waals surface area (Å²) in [5.41, 5.74) is 2.31. The number of aliphatic hydroxyl groups is 1. The van der Waals surface area contributed by atoms with Crippen LogP contribution in [0, 0.1) is 12.3 Å². The maximum absolute atomic E-state index is 11.4. The molecule has 18 heavy (non-hydrogen) atoms. The number of aryl methyl sites for hydroxylation is 1. The molecule has 0 bridgehead atoms. The van der Waals surface area contributed by atoms with E-state index in [1.165, 1.54) is 7.11 Å². The van der Waals surface area contributed by atoms with Crippen LogP contribution in [0.3, 0.4) is 0 Å². The molecule has 0 fully saturated rings. The van der Waals surface area contributed by atoms with Gasteiger partial charge in [-0.05, 0) is 30.7 Å². The van der Waals surface area contributed by atoms with Crippen LogP contribution in [-0.2, 0) is 4.74 Å². The predicted octanol–water partition coefficient (Wildman–Crippen LogP) is 2.21. The van der Waals surface area contributed by atoms with Gasteiger partial charge in [0.2, 0.25) is 0 Å². The summed E-state index contributed by atoms with van der Waals surface area (Å²) in [6.45, 7) is 6.69. The standard InChI is InChI=1S/C14H21NO3/c1-10-7-11(13(17)18-4)5-6-12(10)15-8-14(2,3)9-16/h5-7,15-16H,8-9H2,1-4H3. The van der Waals surface area contributed by atoms with Crippen molar-refractivity contribution in [3.05, 3.63) is 29.3 Å². The third-order valence-electron chi connectivity index (χ3n) is 2.83. The monoisotopic (exact) mass is 251 g/mol. The first kappa shape index (κ1) is 14.5. The lowest BCUT2D eigenvalue weighted by Crippen LogP contribution is -2.27. The van der Waals surface area contributed by atoms with E-state index in [1.54, 1.807) is 12.1 Å². The number of ether oxygens (including phenoxy) is 1. The van der Waals surface area contributed by atoms with E-state index in [0.29, 0.717) is 12.1 Å². The highest BCUT2D eigenvalue weighted by molar-refractivity contribution is 5.90. The molecule has 0 heterocycles. The SMILES string of the molecule is COC(=O)c1ccc(NCC(C)(C)CO)c(C)c1. The summed E-state index contributed by atoms with van der Waals surface area (Å²) in [5, 5.41) is 12.5. The molecule has 100 valence electrons. The van der Waals surface area contributed by atoms with Gasteiger partial charge in [0.15, 0.2) is 0 Å². The first-order chi connectivity index (χ1) is 8.39. The maximum atomic E-state index is 11.4. The summed E-state index contributed by atoms with van der Waals surface area (Å²) in [5.74, 6) is -0.333. The van der Waals surface area contributed by atoms with Crippen molar-refractivity contribution in [3.8, 4) is 0 Å². The highest BCUT2D eigenvalue weighted by Crippen LogP contribution is 2.20. The van der Waals surface area contributed by atoms with Gasteiger partial charge >= 0.3 is 5.97 Å². The van der Waals surface area contributed by atoms with Crippen molar-refractivity contribution >= 4 is 11.7 Å². The molecule has 0 saturated heterocycles. The number of carbonyl (C=O) groups excluding carboxylic acids is 1. The number of nitrogens with one attached hydrogen (secondary N) is 1. The number of hydrogen-bond donors (Lipinski definition) is 2. The quantitative estimate of drug-likeness (QED) is 0.788. The number of anilines is 1. The fourth-order valence-electron chi connectivity index (χ4n) is 1.50. The average Bonchev–Trinajstić information content (AvgIpc) is 2.36. The second kappa shape index (κ2) is 5.87. The first-order valence-electron chi connectivity index (χ1n) is 5.93. The van der Waals surface area contributed by atoms with Crippen molar-refractivity contribution in [3.63, 3.8) is 0 Å². The summed E-state index contributed by atoms with van der Waals surface area (Å²) < 4.78 is 4.67. The Morgan fingerprint density at radius 1 is 1.44 bits per heavy atom. The number of benzene rings is 1. The van der Waals surface area contributed by atoms with E-state index in [9.17, 15) is 9.90 Å². The molecule has 0 aliphatic rings. The van der Waals surface area contributed by atoms with E-state index in [-0.39, 0.29) is 18.0 Å². The largest absolute Gasteiger partial charge is 0.465 e. The zero-order valence-corrected chi connectivity index (χ0v) is 11.4. The third kappa shape index (κ3) is 3.74. The van der Waals surface area contributed by atoms with Gasteiger partial charge in [-0.15, -0.1) is 0 Å². The van der Waals surface area contributed by atoms with E-state index in [2.05, 4.69) is 10.1 Å². The minimum Gasteiger partial charge on any atom is -0.465 e. The predicted molar refractivity (Wildman–Crippen MR) is 71.9 cm³/mol. The van der Waals surface area contributed by atoms with Gasteiger partial charge in [0.05, 0.1) is 12.7 Å². The number of hydrogen-bond acceptors (Lipinski definition) is 4.